The zero-order chi connectivity index (χ0) is 15.2. The van der Waals surface area contributed by atoms with Crippen LogP contribution in [0.1, 0.15) is 16.9 Å². The molecule has 1 fully saturated rings. The van der Waals surface area contributed by atoms with E-state index in [1.54, 1.807) is 23.3 Å². The van der Waals surface area contributed by atoms with Gasteiger partial charge in [0.1, 0.15) is 6.04 Å². The largest absolute Gasteiger partial charge is 0.395 e. The first-order chi connectivity index (χ1) is 10.1. The molecule has 0 radical (unpaired) electrons. The van der Waals surface area contributed by atoms with Gasteiger partial charge in [-0.15, -0.1) is 11.3 Å². The first-order valence-corrected chi connectivity index (χ1v) is 8.32. The second kappa shape index (κ2) is 7.50. The number of carbonyl (C=O) groups is 2. The Kier molecular flexibility index (Phi) is 5.67. The second-order valence-electron chi connectivity index (χ2n) is 4.57. The number of hydrogen-bond acceptors (Lipinski definition) is 5. The van der Waals surface area contributed by atoms with Crippen LogP contribution < -0.4 is 5.32 Å². The van der Waals surface area contributed by atoms with Crippen molar-refractivity contribution in [2.45, 2.75) is 19.0 Å². The van der Waals surface area contributed by atoms with Crippen LogP contribution in [0.15, 0.2) is 11.4 Å². The van der Waals surface area contributed by atoms with Crippen LogP contribution in [0.5, 0.6) is 0 Å². The lowest BCUT2D eigenvalue weighted by Gasteiger charge is -2.19. The Morgan fingerprint density at radius 2 is 2.43 bits per heavy atom. The second-order valence-corrected chi connectivity index (χ2v) is 6.56. The molecule has 1 aliphatic rings. The number of aliphatic hydroxyl groups is 1. The average Bonchev–Trinajstić information content (AvgIpc) is 3.07. The Labute approximate surface area is 131 Å². The fraction of sp³-hybridized carbons (Fsp3) is 0.429. The van der Waals surface area contributed by atoms with E-state index in [0.29, 0.717) is 18.7 Å². The molecular weight excluding hydrogens is 308 g/mol. The summed E-state index contributed by atoms with van der Waals surface area (Å²) in [4.78, 5) is 25.9. The predicted molar refractivity (Wildman–Crippen MR) is 84.2 cm³/mol. The van der Waals surface area contributed by atoms with Crippen molar-refractivity contribution in [2.75, 3.05) is 19.4 Å². The maximum absolute atomic E-state index is 12.2. The molecule has 0 bridgehead atoms. The minimum atomic E-state index is -0.420. The lowest BCUT2D eigenvalue weighted by molar-refractivity contribution is -0.131. The third-order valence-electron chi connectivity index (χ3n) is 2.86. The molecule has 2 N–H and O–H groups in total. The molecular formula is C14H16N2O3S2. The van der Waals surface area contributed by atoms with Crippen molar-refractivity contribution >= 4 is 34.2 Å². The van der Waals surface area contributed by atoms with Crippen molar-refractivity contribution in [3.63, 3.8) is 0 Å². The number of likely N-dealkylation sites (N-methyl/N-ethyl adjacent to an activating group) is 1. The van der Waals surface area contributed by atoms with E-state index in [1.165, 1.54) is 0 Å². The highest BCUT2D eigenvalue weighted by molar-refractivity contribution is 8.14. The summed E-state index contributed by atoms with van der Waals surface area (Å²) in [5, 5.41) is 13.1. The van der Waals surface area contributed by atoms with Gasteiger partial charge < -0.3 is 15.3 Å². The van der Waals surface area contributed by atoms with Gasteiger partial charge in [0.2, 0.25) is 5.91 Å². The molecule has 5 nitrogen and oxygen atoms in total. The van der Waals surface area contributed by atoms with Crippen LogP contribution >= 0.6 is 23.1 Å². The number of nitrogens with one attached hydrogen (secondary N) is 1. The van der Waals surface area contributed by atoms with E-state index in [1.807, 2.05) is 11.4 Å². The molecule has 1 unspecified atom stereocenters. The van der Waals surface area contributed by atoms with Crippen LogP contribution in [0.2, 0.25) is 0 Å². The Morgan fingerprint density at radius 3 is 3.10 bits per heavy atom. The van der Waals surface area contributed by atoms with E-state index in [9.17, 15) is 9.59 Å². The van der Waals surface area contributed by atoms with Crippen LogP contribution in [0.4, 0.5) is 4.79 Å². The summed E-state index contributed by atoms with van der Waals surface area (Å²) in [6, 6.07) is 1.53. The highest BCUT2D eigenvalue weighted by Gasteiger charge is 2.30. The van der Waals surface area contributed by atoms with Gasteiger partial charge in [0.15, 0.2) is 0 Å². The Balaban J connectivity index is 1.91. The van der Waals surface area contributed by atoms with Crippen LogP contribution in [-0.4, -0.2) is 46.6 Å². The Bertz CT molecular complexity index is 589. The summed E-state index contributed by atoms with van der Waals surface area (Å²) in [5.41, 5.74) is 0.897. The van der Waals surface area contributed by atoms with Gasteiger partial charge in [0, 0.05) is 35.0 Å². The van der Waals surface area contributed by atoms with Crippen molar-refractivity contribution in [1.82, 2.24) is 10.2 Å². The van der Waals surface area contributed by atoms with Gasteiger partial charge >= 0.3 is 0 Å². The average molecular weight is 324 g/mol. The number of nitrogens with zero attached hydrogens (tertiary/aromatic N) is 1. The molecule has 2 heterocycles. The van der Waals surface area contributed by atoms with E-state index in [0.717, 1.165) is 22.2 Å². The molecule has 1 aliphatic heterocycles. The monoisotopic (exact) mass is 324 g/mol. The van der Waals surface area contributed by atoms with Gasteiger partial charge in [-0.2, -0.15) is 0 Å². The number of rotatable bonds is 4. The Morgan fingerprint density at radius 1 is 1.62 bits per heavy atom. The third-order valence-corrected chi connectivity index (χ3v) is 4.67. The fourth-order valence-electron chi connectivity index (χ4n) is 1.84. The highest BCUT2D eigenvalue weighted by Crippen LogP contribution is 2.18. The molecule has 1 aromatic rings. The van der Waals surface area contributed by atoms with E-state index in [2.05, 4.69) is 17.2 Å². The lowest BCUT2D eigenvalue weighted by Crippen LogP contribution is -2.43. The minimum absolute atomic E-state index is 0.0619. The number of aliphatic hydroxyl groups excluding tert-OH is 1. The summed E-state index contributed by atoms with van der Waals surface area (Å²) in [5.74, 6) is 6.25. The van der Waals surface area contributed by atoms with E-state index >= 15 is 0 Å². The van der Waals surface area contributed by atoms with E-state index in [-0.39, 0.29) is 17.8 Å². The highest BCUT2D eigenvalue weighted by atomic mass is 32.2. The van der Waals surface area contributed by atoms with Gasteiger partial charge in [-0.1, -0.05) is 23.6 Å². The van der Waals surface area contributed by atoms with Crippen molar-refractivity contribution < 1.29 is 14.7 Å². The van der Waals surface area contributed by atoms with Crippen LogP contribution in [0, 0.1) is 11.8 Å². The van der Waals surface area contributed by atoms with Crippen molar-refractivity contribution in [3.8, 4) is 11.8 Å². The fourth-order valence-corrected chi connectivity index (χ4v) is 3.48. The number of amides is 2. The molecule has 7 heteroatoms. The molecule has 1 atom stereocenters. The first kappa shape index (κ1) is 15.9. The third kappa shape index (κ3) is 4.49. The number of carbonyl (C=O) groups excluding carboxylic acids is 2. The molecule has 2 rings (SSSR count). The summed E-state index contributed by atoms with van der Waals surface area (Å²) in [6.07, 6.45) is 0.461. The van der Waals surface area contributed by atoms with Crippen LogP contribution in [0.3, 0.4) is 0 Å². The standard InChI is InChI=1S/C14H16N2O3S2/c1-16(13(18)12-9-21-14(19)15-12)7-11-6-10(8-20-11)4-2-3-5-17/h6,8,12,17H,3,5,7,9H2,1H3,(H,15,19). The number of thioether (sulfide) groups is 1. The molecule has 21 heavy (non-hydrogen) atoms. The molecule has 1 saturated heterocycles. The maximum Gasteiger partial charge on any atom is 0.279 e. The summed E-state index contributed by atoms with van der Waals surface area (Å²) < 4.78 is 0. The zero-order valence-corrected chi connectivity index (χ0v) is 13.2. The zero-order valence-electron chi connectivity index (χ0n) is 11.6. The van der Waals surface area contributed by atoms with Crippen LogP contribution in [0.25, 0.3) is 0 Å². The van der Waals surface area contributed by atoms with Gasteiger partial charge in [0.05, 0.1) is 13.2 Å². The minimum Gasteiger partial charge on any atom is -0.395 e. The molecule has 1 aromatic heterocycles. The van der Waals surface area contributed by atoms with E-state index in [4.69, 9.17) is 5.11 Å². The van der Waals surface area contributed by atoms with Crippen molar-refractivity contribution in [3.05, 3.63) is 21.9 Å². The topological polar surface area (TPSA) is 69.6 Å². The molecule has 0 spiro atoms. The lowest BCUT2D eigenvalue weighted by atomic mass is 10.2. The summed E-state index contributed by atoms with van der Waals surface area (Å²) >= 11 is 2.68. The first-order valence-electron chi connectivity index (χ1n) is 6.45. The maximum atomic E-state index is 12.2. The molecule has 0 aliphatic carbocycles. The van der Waals surface area contributed by atoms with Crippen LogP contribution in [-0.2, 0) is 11.3 Å². The van der Waals surface area contributed by atoms with Crippen molar-refractivity contribution in [2.24, 2.45) is 0 Å². The number of hydrogen-bond donors (Lipinski definition) is 2. The molecule has 2 amide bonds. The van der Waals surface area contributed by atoms with Gasteiger partial charge in [-0.25, -0.2) is 0 Å². The SMILES string of the molecule is CN(Cc1cc(C#CCCO)cs1)C(=O)C1CSC(=O)N1. The molecule has 112 valence electrons. The number of thiophene rings is 1. The van der Waals surface area contributed by atoms with Gasteiger partial charge in [-0.05, 0) is 6.07 Å². The predicted octanol–water partition coefficient (Wildman–Crippen LogP) is 1.27. The normalized spacial score (nSPS) is 17.0. The quantitative estimate of drug-likeness (QED) is 0.818. The smallest absolute Gasteiger partial charge is 0.279 e. The van der Waals surface area contributed by atoms with Gasteiger partial charge in [-0.3, -0.25) is 9.59 Å². The Hall–Kier alpha value is -1.49. The van der Waals surface area contributed by atoms with E-state index < -0.39 is 6.04 Å². The molecule has 0 saturated carbocycles. The summed E-state index contributed by atoms with van der Waals surface area (Å²) in [6.45, 7) is 0.564. The molecule has 0 aromatic carbocycles. The van der Waals surface area contributed by atoms with Crippen molar-refractivity contribution in [1.29, 1.82) is 0 Å². The van der Waals surface area contributed by atoms with Gasteiger partial charge in [0.25, 0.3) is 5.24 Å². The summed E-state index contributed by atoms with van der Waals surface area (Å²) in [7, 11) is 1.73.